The summed E-state index contributed by atoms with van der Waals surface area (Å²) in [6.07, 6.45) is -1.38. The van der Waals surface area contributed by atoms with Crippen molar-refractivity contribution in [2.45, 2.75) is 171 Å². The number of aliphatic hydroxyl groups excluding tert-OH is 2. The third kappa shape index (κ3) is 26.0. The highest BCUT2D eigenvalue weighted by Gasteiger charge is 2.41. The van der Waals surface area contributed by atoms with Gasteiger partial charge in [0.05, 0.1) is 25.7 Å². The van der Waals surface area contributed by atoms with Gasteiger partial charge in [0, 0.05) is 55.9 Å². The average molecular weight is 1430 g/mol. The molecule has 102 heavy (non-hydrogen) atoms. The molecule has 1 fully saturated rings. The van der Waals surface area contributed by atoms with Crippen molar-refractivity contribution in [2.24, 2.45) is 39.8 Å². The van der Waals surface area contributed by atoms with Crippen molar-refractivity contribution in [1.29, 1.82) is 0 Å². The molecule has 1 aliphatic rings. The van der Waals surface area contributed by atoms with E-state index in [1.165, 1.54) is 54.7 Å². The van der Waals surface area contributed by atoms with Crippen LogP contribution in [0.5, 0.6) is 11.5 Å². The molecule has 35 nitrogen and oxygen atoms in total. The van der Waals surface area contributed by atoms with Crippen LogP contribution < -0.4 is 70.8 Å². The number of nitrogens with two attached hydrogens (primary N) is 4. The molecular formula is C67H94N16O19. The number of fused-ring (bicyclic) bond motifs is 1. The first kappa shape index (κ1) is 81.7. The van der Waals surface area contributed by atoms with E-state index in [2.05, 4.69) is 57.8 Å². The molecule has 1 aliphatic heterocycles. The smallest absolute Gasteiger partial charge is 0.326 e. The van der Waals surface area contributed by atoms with Crippen molar-refractivity contribution < 1.29 is 93.0 Å². The zero-order valence-electron chi connectivity index (χ0n) is 57.0. The number of hydrogen-bond acceptors (Lipinski definition) is 19. The number of H-pyrrole nitrogens is 1. The Morgan fingerprint density at radius 2 is 1.01 bits per heavy atom. The number of primary amides is 1. The van der Waals surface area contributed by atoms with Crippen LogP contribution in [0.15, 0.2) is 84.0 Å². The summed E-state index contributed by atoms with van der Waals surface area (Å²) in [4.78, 5) is 186. The van der Waals surface area contributed by atoms with Crippen LogP contribution in [0.2, 0.25) is 0 Å². The van der Waals surface area contributed by atoms with Gasteiger partial charge < -0.3 is 111 Å². The first-order valence-electron chi connectivity index (χ1n) is 33.2. The van der Waals surface area contributed by atoms with Crippen molar-refractivity contribution in [3.8, 4) is 11.5 Å². The largest absolute Gasteiger partial charge is 0.508 e. The SMILES string of the molecule is CC(C)C[C@H](NC(=O)[C@H](CC(N)=O)NC(=O)[C@H](CCC(=O)O)NC(=O)[C@H](Cc1c[nH]c2ccccc12)NC(=O)[C@H](Cc1ccc(O)cc1)NC(=O)[C@H](CO)NC(=O)[C@@H]1CCCN1C(=O)[C@H](CO)NC(=O)[C@H](CCCN=C(N)N)NC(=O)[C@H](Cc1ccc(O)cc1)NC(=O)[C@@H](N)CC(C)C)C(=O)O. The molecule has 0 saturated carbocycles. The number of nitrogens with one attached hydrogen (secondary N) is 10. The fourth-order valence-electron chi connectivity index (χ4n) is 11.2. The van der Waals surface area contributed by atoms with Gasteiger partial charge in [-0.3, -0.25) is 62.5 Å². The molecule has 11 atom stereocenters. The summed E-state index contributed by atoms with van der Waals surface area (Å²) in [5.41, 5.74) is 24.4. The maximum Gasteiger partial charge on any atom is 0.326 e. The number of carbonyl (C=O) groups excluding carboxylic acids is 11. The lowest BCUT2D eigenvalue weighted by molar-refractivity contribution is -0.143. The molecule has 556 valence electrons. The molecule has 0 bridgehead atoms. The number of aromatic hydroxyl groups is 2. The summed E-state index contributed by atoms with van der Waals surface area (Å²) in [5, 5.41) is 83.7. The van der Waals surface area contributed by atoms with Crippen molar-refractivity contribution in [1.82, 2.24) is 57.7 Å². The highest BCUT2D eigenvalue weighted by atomic mass is 16.4. The summed E-state index contributed by atoms with van der Waals surface area (Å²) in [7, 11) is 0. The third-order valence-electron chi connectivity index (χ3n) is 16.5. The molecule has 11 amide bonds. The van der Waals surface area contributed by atoms with Gasteiger partial charge in [-0.1, -0.05) is 70.2 Å². The Bertz CT molecular complexity index is 3620. The highest BCUT2D eigenvalue weighted by Crippen LogP contribution is 2.23. The molecule has 3 aromatic carbocycles. The molecule has 0 spiro atoms. The van der Waals surface area contributed by atoms with Crippen LogP contribution in [-0.2, 0) is 81.6 Å². The van der Waals surface area contributed by atoms with E-state index in [9.17, 15) is 93.0 Å². The van der Waals surface area contributed by atoms with Crippen LogP contribution in [-0.4, -0.2) is 216 Å². The molecule has 35 heteroatoms. The second kappa shape index (κ2) is 39.7. The fourth-order valence-corrected chi connectivity index (χ4v) is 11.2. The number of carbonyl (C=O) groups is 13. The number of phenolic OH excluding ortho intramolecular Hbond substituents is 2. The quantitative estimate of drug-likeness (QED) is 0.0115. The first-order chi connectivity index (χ1) is 48.3. The van der Waals surface area contributed by atoms with E-state index in [-0.39, 0.29) is 93.8 Å². The normalized spacial score (nSPS) is 15.7. The van der Waals surface area contributed by atoms with E-state index in [1.807, 2.05) is 13.8 Å². The van der Waals surface area contributed by atoms with Gasteiger partial charge in [0.25, 0.3) is 0 Å². The van der Waals surface area contributed by atoms with E-state index in [0.29, 0.717) is 27.6 Å². The maximum atomic E-state index is 14.9. The van der Waals surface area contributed by atoms with Crippen molar-refractivity contribution in [3.63, 3.8) is 0 Å². The predicted molar refractivity (Wildman–Crippen MR) is 367 cm³/mol. The molecule has 5 rings (SSSR count). The number of carboxylic acids is 2. The zero-order valence-corrected chi connectivity index (χ0v) is 57.0. The van der Waals surface area contributed by atoms with Crippen LogP contribution in [0.3, 0.4) is 0 Å². The van der Waals surface area contributed by atoms with Gasteiger partial charge in [-0.15, -0.1) is 0 Å². The van der Waals surface area contributed by atoms with Gasteiger partial charge in [0.2, 0.25) is 65.0 Å². The molecule has 1 saturated heterocycles. The Labute approximate surface area is 586 Å². The summed E-state index contributed by atoms with van der Waals surface area (Å²) >= 11 is 0. The van der Waals surface area contributed by atoms with E-state index >= 15 is 0 Å². The monoisotopic (exact) mass is 1430 g/mol. The molecule has 1 aromatic heterocycles. The second-order valence-corrected chi connectivity index (χ2v) is 25.7. The number of likely N-dealkylation sites (tertiary alicyclic amines) is 1. The van der Waals surface area contributed by atoms with Gasteiger partial charge in [-0.2, -0.15) is 0 Å². The van der Waals surface area contributed by atoms with Crippen LogP contribution in [0.25, 0.3) is 10.9 Å². The fraction of sp³-hybridized carbons (Fsp3) is 0.493. The van der Waals surface area contributed by atoms with Crippen LogP contribution in [0, 0.1) is 11.8 Å². The number of benzene rings is 3. The van der Waals surface area contributed by atoms with Crippen LogP contribution >= 0.6 is 0 Å². The zero-order chi connectivity index (χ0) is 75.5. The van der Waals surface area contributed by atoms with Gasteiger partial charge in [0.15, 0.2) is 5.96 Å². The number of amides is 11. The average Bonchev–Trinajstić information content (AvgIpc) is 1.63. The Morgan fingerprint density at radius 1 is 0.549 bits per heavy atom. The van der Waals surface area contributed by atoms with Gasteiger partial charge >= 0.3 is 11.9 Å². The predicted octanol–water partition coefficient (Wildman–Crippen LogP) is -3.76. The number of para-hydroxylation sites is 1. The molecule has 4 aromatic rings. The number of aliphatic hydroxyl groups is 2. The number of aromatic amines is 1. The Kier molecular flexibility index (Phi) is 31.8. The number of guanidine groups is 1. The van der Waals surface area contributed by atoms with Gasteiger partial charge in [-0.25, -0.2) is 4.79 Å². The Balaban J connectivity index is 1.39. The maximum absolute atomic E-state index is 14.9. The number of phenols is 2. The van der Waals surface area contributed by atoms with Gasteiger partial charge in [0.1, 0.15) is 71.9 Å². The number of aliphatic imine (C=N–C) groups is 1. The topological polar surface area (TPSA) is 587 Å². The third-order valence-corrected chi connectivity index (χ3v) is 16.5. The van der Waals surface area contributed by atoms with E-state index in [4.69, 9.17) is 22.9 Å². The summed E-state index contributed by atoms with van der Waals surface area (Å²) < 4.78 is 0. The number of nitrogens with zero attached hydrogens (tertiary/aromatic N) is 2. The number of aliphatic carboxylic acids is 2. The van der Waals surface area contributed by atoms with E-state index in [0.717, 1.165) is 4.90 Å². The first-order valence-corrected chi connectivity index (χ1v) is 33.2. The van der Waals surface area contributed by atoms with E-state index < -0.39 is 182 Å². The Morgan fingerprint density at radius 3 is 1.52 bits per heavy atom. The lowest BCUT2D eigenvalue weighted by atomic mass is 10.0. The number of rotatable bonds is 41. The highest BCUT2D eigenvalue weighted by molar-refractivity contribution is 6.00. The summed E-state index contributed by atoms with van der Waals surface area (Å²) in [6.45, 7) is 4.77. The van der Waals surface area contributed by atoms with Gasteiger partial charge in [-0.05, 0) is 104 Å². The van der Waals surface area contributed by atoms with Crippen LogP contribution in [0.4, 0.5) is 0 Å². The molecule has 0 unspecified atom stereocenters. The summed E-state index contributed by atoms with van der Waals surface area (Å²) in [6, 6.07) is 0.500. The van der Waals surface area contributed by atoms with E-state index in [1.54, 1.807) is 38.1 Å². The minimum absolute atomic E-state index is 0.00594. The van der Waals surface area contributed by atoms with Crippen molar-refractivity contribution >= 4 is 93.8 Å². The summed E-state index contributed by atoms with van der Waals surface area (Å²) in [5.74, 6) is -15.0. The van der Waals surface area contributed by atoms with Crippen molar-refractivity contribution in [2.75, 3.05) is 26.3 Å². The molecule has 0 radical (unpaired) electrons. The molecule has 0 aliphatic carbocycles. The number of carboxylic acid groups (broad SMARTS) is 2. The standard InChI is InChI=1S/C67H94N16O19/c1-34(2)25-42(68)56(91)76-46(27-36-13-17-39(86)18-14-36)59(94)74-44(11-7-23-72-67(70)71)57(92)82-52(33-85)65(100)83-24-8-12-53(83)64(99)81-51(32-84)63(98)77-47(28-37-15-19-40(87)20-16-37)60(95)78-48(29-38-31-73-43-10-6-5-9-41(38)43)61(96)75-45(21-22-55(89)90)58(93)79-49(30-54(69)88)62(97)80-50(66(101)102)26-35(3)4/h5-6,9-10,13-20,31,34-35,42,44-53,73,84-87H,7-8,11-12,21-30,32-33,68H2,1-4H3,(H2,69,88)(H,74,94)(H,75,96)(H,76,91)(H,77,98)(H,78,95)(H,79,93)(H,80,97)(H,81,99)(H,82,92)(H,89,90)(H,101,102)(H4,70,71,72)/t42-,44-,45-,46-,47-,48-,49-,50-,51-,52-,53-/m0/s1. The molecule has 24 N–H and O–H groups in total. The number of hydrogen-bond donors (Lipinski definition) is 20. The van der Waals surface area contributed by atoms with Crippen molar-refractivity contribution in [3.05, 3.63) is 95.7 Å². The lowest BCUT2D eigenvalue weighted by Gasteiger charge is -2.30. The minimum Gasteiger partial charge on any atom is -0.508 e. The second-order valence-electron chi connectivity index (χ2n) is 25.7. The Hall–Kier alpha value is -10.9. The lowest BCUT2D eigenvalue weighted by Crippen LogP contribution is -2.61. The number of aromatic nitrogens is 1. The van der Waals surface area contributed by atoms with Crippen LogP contribution in [0.1, 0.15) is 102 Å². The molecule has 2 heterocycles. The molecular weight excluding hydrogens is 1330 g/mol. The minimum atomic E-state index is -1.88.